The highest BCUT2D eigenvalue weighted by Crippen LogP contribution is 2.50. The van der Waals surface area contributed by atoms with Crippen molar-refractivity contribution in [1.82, 2.24) is 0 Å². The molecular weight excluding hydrogens is 460 g/mol. The van der Waals surface area contributed by atoms with Crippen LogP contribution >= 0.6 is 0 Å². The lowest BCUT2D eigenvalue weighted by molar-refractivity contribution is -0.131. The third-order valence-corrected chi connectivity index (χ3v) is 6.91. The molecule has 3 aromatic carbocycles. The van der Waals surface area contributed by atoms with Crippen molar-refractivity contribution in [2.24, 2.45) is 0 Å². The molecule has 0 aliphatic rings. The van der Waals surface area contributed by atoms with Crippen LogP contribution in [0.25, 0.3) is 11.1 Å². The summed E-state index contributed by atoms with van der Waals surface area (Å²) in [5, 5.41) is 0. The van der Waals surface area contributed by atoms with Crippen molar-refractivity contribution >= 4 is 11.9 Å². The molecule has 37 heavy (non-hydrogen) atoms. The van der Waals surface area contributed by atoms with Gasteiger partial charge in [0.25, 0.3) is 0 Å². The Morgan fingerprint density at radius 1 is 0.649 bits per heavy atom. The molecule has 4 heteroatoms. The highest BCUT2D eigenvalue weighted by Gasteiger charge is 2.32. The largest absolute Gasteiger partial charge is 0.426 e. The third-order valence-electron chi connectivity index (χ3n) is 6.91. The predicted molar refractivity (Wildman–Crippen MR) is 151 cm³/mol. The molecule has 0 atom stereocenters. The molecule has 0 aromatic heterocycles. The van der Waals surface area contributed by atoms with E-state index in [-0.39, 0.29) is 16.8 Å². The predicted octanol–water partition coefficient (Wildman–Crippen LogP) is 8.33. The maximum atomic E-state index is 13.4. The number of carbonyl (C=O) groups is 2. The SMILES string of the molecule is CC(=O)Oc1c(C(C)(C)C)cc(C)c(C)c1-c1c(C)c(C)cc(C(C)(C)C)c1OC(=O)c1ccccc1. The summed E-state index contributed by atoms with van der Waals surface area (Å²) < 4.78 is 12.3. The van der Waals surface area contributed by atoms with Gasteiger partial charge >= 0.3 is 11.9 Å². The van der Waals surface area contributed by atoms with E-state index in [1.54, 1.807) is 12.1 Å². The summed E-state index contributed by atoms with van der Waals surface area (Å²) in [6, 6.07) is 13.2. The third kappa shape index (κ3) is 5.79. The Morgan fingerprint density at radius 2 is 1.05 bits per heavy atom. The first-order valence-corrected chi connectivity index (χ1v) is 12.8. The van der Waals surface area contributed by atoms with E-state index in [9.17, 15) is 9.59 Å². The monoisotopic (exact) mass is 500 g/mol. The van der Waals surface area contributed by atoms with Gasteiger partial charge in [-0.15, -0.1) is 0 Å². The zero-order valence-electron chi connectivity index (χ0n) is 24.2. The van der Waals surface area contributed by atoms with E-state index < -0.39 is 5.97 Å². The van der Waals surface area contributed by atoms with Gasteiger partial charge in [-0.25, -0.2) is 4.79 Å². The van der Waals surface area contributed by atoms with Crippen LogP contribution < -0.4 is 9.47 Å². The van der Waals surface area contributed by atoms with E-state index in [4.69, 9.17) is 9.47 Å². The zero-order valence-corrected chi connectivity index (χ0v) is 24.2. The zero-order chi connectivity index (χ0) is 27.9. The van der Waals surface area contributed by atoms with Crippen LogP contribution in [0.15, 0.2) is 42.5 Å². The fourth-order valence-corrected chi connectivity index (χ4v) is 4.58. The summed E-state index contributed by atoms with van der Waals surface area (Å²) in [5.41, 5.74) is 7.42. The van der Waals surface area contributed by atoms with Crippen LogP contribution in [0.2, 0.25) is 0 Å². The highest BCUT2D eigenvalue weighted by molar-refractivity contribution is 5.94. The Bertz CT molecular complexity index is 1350. The summed E-state index contributed by atoms with van der Waals surface area (Å²) in [6.07, 6.45) is 0. The molecule has 0 saturated heterocycles. The molecule has 0 radical (unpaired) electrons. The van der Waals surface area contributed by atoms with E-state index >= 15 is 0 Å². The lowest BCUT2D eigenvalue weighted by Crippen LogP contribution is -2.20. The molecule has 0 spiro atoms. The van der Waals surface area contributed by atoms with Gasteiger partial charge in [0.15, 0.2) is 0 Å². The molecule has 0 unspecified atom stereocenters. The minimum absolute atomic E-state index is 0.288. The Morgan fingerprint density at radius 3 is 1.43 bits per heavy atom. The van der Waals surface area contributed by atoms with Gasteiger partial charge in [0, 0.05) is 29.2 Å². The molecule has 0 saturated carbocycles. The molecule has 3 rings (SSSR count). The standard InChI is InChI=1S/C33H40O4/c1-19-17-25(32(6,7)8)29(36-23(5)34)27(21(19)3)28-22(4)20(2)18-26(33(9,10)11)30(28)37-31(35)24-15-13-12-14-16-24/h12-18H,1-11H3. The van der Waals surface area contributed by atoms with Crippen LogP contribution in [0.3, 0.4) is 0 Å². The number of hydrogen-bond acceptors (Lipinski definition) is 4. The van der Waals surface area contributed by atoms with Crippen LogP contribution in [-0.2, 0) is 15.6 Å². The van der Waals surface area contributed by atoms with Crippen molar-refractivity contribution in [2.75, 3.05) is 0 Å². The van der Waals surface area contributed by atoms with Gasteiger partial charge in [-0.2, -0.15) is 0 Å². The molecule has 4 nitrogen and oxygen atoms in total. The number of aryl methyl sites for hydroxylation is 2. The average molecular weight is 501 g/mol. The molecule has 3 aromatic rings. The van der Waals surface area contributed by atoms with Gasteiger partial charge < -0.3 is 9.47 Å². The summed E-state index contributed by atoms with van der Waals surface area (Å²) >= 11 is 0. The molecule has 0 N–H and O–H groups in total. The van der Waals surface area contributed by atoms with Crippen LogP contribution in [0.4, 0.5) is 0 Å². The summed E-state index contributed by atoms with van der Waals surface area (Å²) in [4.78, 5) is 25.8. The second kappa shape index (κ2) is 10.2. The van der Waals surface area contributed by atoms with Gasteiger partial charge in [0.2, 0.25) is 0 Å². The van der Waals surface area contributed by atoms with E-state index in [1.807, 2.05) is 32.0 Å². The van der Waals surface area contributed by atoms with Crippen LogP contribution in [-0.4, -0.2) is 11.9 Å². The molecular formula is C33H40O4. The van der Waals surface area contributed by atoms with Crippen LogP contribution in [0, 0.1) is 27.7 Å². The molecule has 0 heterocycles. The first-order chi connectivity index (χ1) is 17.0. The molecule has 0 amide bonds. The fourth-order valence-electron chi connectivity index (χ4n) is 4.58. The minimum atomic E-state index is -0.425. The second-order valence-electron chi connectivity index (χ2n) is 12.0. The van der Waals surface area contributed by atoms with Crippen molar-refractivity contribution in [3.8, 4) is 22.6 Å². The van der Waals surface area contributed by atoms with Crippen molar-refractivity contribution in [3.63, 3.8) is 0 Å². The first kappa shape index (κ1) is 28.2. The molecule has 0 bridgehead atoms. The van der Waals surface area contributed by atoms with Crippen LogP contribution in [0.5, 0.6) is 11.5 Å². The number of rotatable bonds is 4. The number of esters is 2. The normalized spacial score (nSPS) is 11.9. The van der Waals surface area contributed by atoms with Gasteiger partial charge in [0.1, 0.15) is 11.5 Å². The number of benzene rings is 3. The fraction of sp³-hybridized carbons (Fsp3) is 0.394. The number of ether oxygens (including phenoxy) is 2. The summed E-state index contributed by atoms with van der Waals surface area (Å²) in [7, 11) is 0. The lowest BCUT2D eigenvalue weighted by Gasteiger charge is -2.30. The Hall–Kier alpha value is -3.40. The first-order valence-electron chi connectivity index (χ1n) is 12.8. The summed E-state index contributed by atoms with van der Waals surface area (Å²) in [5.74, 6) is 0.213. The van der Waals surface area contributed by atoms with Crippen molar-refractivity contribution in [2.45, 2.75) is 87.0 Å². The molecule has 196 valence electrons. The van der Waals surface area contributed by atoms with Gasteiger partial charge in [0.05, 0.1) is 5.56 Å². The van der Waals surface area contributed by atoms with E-state index in [0.29, 0.717) is 17.1 Å². The average Bonchev–Trinajstić information content (AvgIpc) is 2.78. The quantitative estimate of drug-likeness (QED) is 0.267. The van der Waals surface area contributed by atoms with Crippen molar-refractivity contribution < 1.29 is 19.1 Å². The molecule has 0 fully saturated rings. The molecule has 0 aliphatic carbocycles. The Kier molecular flexibility index (Phi) is 7.74. The molecule has 0 aliphatic heterocycles. The minimum Gasteiger partial charge on any atom is -0.426 e. The number of hydrogen-bond donors (Lipinski definition) is 0. The highest BCUT2D eigenvalue weighted by atomic mass is 16.5. The van der Waals surface area contributed by atoms with Gasteiger partial charge in [-0.3, -0.25) is 4.79 Å². The second-order valence-corrected chi connectivity index (χ2v) is 12.0. The Balaban J connectivity index is 2.52. The maximum absolute atomic E-state index is 13.4. The van der Waals surface area contributed by atoms with Gasteiger partial charge in [-0.05, 0) is 72.9 Å². The van der Waals surface area contributed by atoms with E-state index in [1.165, 1.54) is 6.92 Å². The maximum Gasteiger partial charge on any atom is 0.343 e. The Labute approximate surface area is 222 Å². The van der Waals surface area contributed by atoms with Crippen LogP contribution in [0.1, 0.15) is 92.2 Å². The lowest BCUT2D eigenvalue weighted by atomic mass is 9.77. The topological polar surface area (TPSA) is 52.6 Å². The smallest absolute Gasteiger partial charge is 0.343 e. The van der Waals surface area contributed by atoms with E-state index in [0.717, 1.165) is 44.5 Å². The summed E-state index contributed by atoms with van der Waals surface area (Å²) in [6.45, 7) is 22.3. The number of carbonyl (C=O) groups excluding carboxylic acids is 2. The van der Waals surface area contributed by atoms with Crippen molar-refractivity contribution in [3.05, 3.63) is 81.4 Å². The van der Waals surface area contributed by atoms with E-state index in [2.05, 4.69) is 67.5 Å². The van der Waals surface area contributed by atoms with Gasteiger partial charge in [-0.1, -0.05) is 71.9 Å². The van der Waals surface area contributed by atoms with Crippen molar-refractivity contribution in [1.29, 1.82) is 0 Å².